The van der Waals surface area contributed by atoms with E-state index in [9.17, 15) is 4.79 Å². The minimum atomic E-state index is -0.114. The highest BCUT2D eigenvalue weighted by Gasteiger charge is 2.29. The summed E-state index contributed by atoms with van der Waals surface area (Å²) in [6, 6.07) is 11.8. The number of ether oxygens (including phenoxy) is 1. The van der Waals surface area contributed by atoms with E-state index in [-0.39, 0.29) is 12.1 Å². The lowest BCUT2D eigenvalue weighted by molar-refractivity contribution is 0.188. The molecule has 126 valence electrons. The lowest BCUT2D eigenvalue weighted by Gasteiger charge is -2.35. The Bertz CT molecular complexity index is 770. The molecule has 1 aliphatic heterocycles. The number of hydrogen-bond donors (Lipinski definition) is 1. The molecule has 2 amide bonds. The summed E-state index contributed by atoms with van der Waals surface area (Å²) in [6.07, 6.45) is 0.880. The van der Waals surface area contributed by atoms with Crippen molar-refractivity contribution in [3.63, 3.8) is 0 Å². The predicted molar refractivity (Wildman–Crippen MR) is 98.2 cm³/mol. The van der Waals surface area contributed by atoms with Crippen LogP contribution in [-0.2, 0) is 0 Å². The Morgan fingerprint density at radius 1 is 1.25 bits per heavy atom. The molecule has 24 heavy (non-hydrogen) atoms. The molecule has 0 unspecified atom stereocenters. The van der Waals surface area contributed by atoms with Crippen molar-refractivity contribution in [2.75, 3.05) is 16.8 Å². The molecular formula is C20H24N2O2. The van der Waals surface area contributed by atoms with Gasteiger partial charge in [0.15, 0.2) is 0 Å². The van der Waals surface area contributed by atoms with Crippen LogP contribution in [0.25, 0.3) is 0 Å². The van der Waals surface area contributed by atoms with Gasteiger partial charge in [-0.2, -0.15) is 0 Å². The predicted octanol–water partition coefficient (Wildman–Crippen LogP) is 4.82. The van der Waals surface area contributed by atoms with Crippen molar-refractivity contribution in [1.29, 1.82) is 0 Å². The molecule has 2 aromatic rings. The topological polar surface area (TPSA) is 41.6 Å². The van der Waals surface area contributed by atoms with Crippen LogP contribution in [0.15, 0.2) is 36.4 Å². The van der Waals surface area contributed by atoms with Crippen LogP contribution in [0.4, 0.5) is 16.2 Å². The largest absolute Gasteiger partial charge is 0.486 e. The van der Waals surface area contributed by atoms with Crippen molar-refractivity contribution in [2.45, 2.75) is 40.2 Å². The van der Waals surface area contributed by atoms with Gasteiger partial charge >= 0.3 is 6.03 Å². The monoisotopic (exact) mass is 324 g/mol. The molecule has 4 heteroatoms. The number of urea groups is 1. The number of hydrogen-bond acceptors (Lipinski definition) is 2. The molecule has 0 bridgehead atoms. The fourth-order valence-corrected chi connectivity index (χ4v) is 2.93. The molecule has 1 aliphatic rings. The summed E-state index contributed by atoms with van der Waals surface area (Å²) in [6.45, 7) is 8.73. The number of fused-ring (bicyclic) bond motifs is 1. The van der Waals surface area contributed by atoms with Crippen molar-refractivity contribution in [3.8, 4) is 5.75 Å². The Morgan fingerprint density at radius 3 is 2.79 bits per heavy atom. The first-order valence-corrected chi connectivity index (χ1v) is 8.41. The number of carbonyl (C=O) groups excluding carboxylic acids is 1. The van der Waals surface area contributed by atoms with Crippen LogP contribution in [0.2, 0.25) is 0 Å². The third kappa shape index (κ3) is 3.09. The number of anilines is 2. The van der Waals surface area contributed by atoms with Gasteiger partial charge in [0.1, 0.15) is 11.9 Å². The minimum Gasteiger partial charge on any atom is -0.486 e. The molecule has 0 aliphatic carbocycles. The maximum atomic E-state index is 12.9. The van der Waals surface area contributed by atoms with E-state index >= 15 is 0 Å². The number of rotatable bonds is 2. The summed E-state index contributed by atoms with van der Waals surface area (Å²) in [5.74, 6) is 0.773. The Morgan fingerprint density at radius 2 is 2.04 bits per heavy atom. The summed E-state index contributed by atoms with van der Waals surface area (Å²) in [7, 11) is 0. The number of nitrogens with one attached hydrogen (secondary N) is 1. The van der Waals surface area contributed by atoms with Crippen molar-refractivity contribution in [1.82, 2.24) is 0 Å². The summed E-state index contributed by atoms with van der Waals surface area (Å²) in [5, 5.41) is 3.06. The number of aryl methyl sites for hydroxylation is 2. The van der Waals surface area contributed by atoms with Crippen LogP contribution in [0.3, 0.4) is 0 Å². The molecule has 0 saturated carbocycles. The third-order valence-corrected chi connectivity index (χ3v) is 4.63. The fourth-order valence-electron chi connectivity index (χ4n) is 2.93. The van der Waals surface area contributed by atoms with E-state index in [0.29, 0.717) is 6.54 Å². The van der Waals surface area contributed by atoms with Crippen molar-refractivity contribution < 1.29 is 9.53 Å². The van der Waals surface area contributed by atoms with Crippen LogP contribution < -0.4 is 15.0 Å². The third-order valence-electron chi connectivity index (χ3n) is 4.63. The van der Waals surface area contributed by atoms with Crippen LogP contribution in [0, 0.1) is 20.8 Å². The first-order valence-electron chi connectivity index (χ1n) is 8.41. The van der Waals surface area contributed by atoms with Gasteiger partial charge in [-0.25, -0.2) is 4.79 Å². The van der Waals surface area contributed by atoms with E-state index in [1.165, 1.54) is 0 Å². The van der Waals surface area contributed by atoms with E-state index in [1.54, 1.807) is 4.90 Å². The second-order valence-corrected chi connectivity index (χ2v) is 6.41. The number of nitrogens with zero attached hydrogens (tertiary/aromatic N) is 1. The van der Waals surface area contributed by atoms with Gasteiger partial charge in [0.2, 0.25) is 0 Å². The smallest absolute Gasteiger partial charge is 0.326 e. The highest BCUT2D eigenvalue weighted by molar-refractivity contribution is 6.03. The summed E-state index contributed by atoms with van der Waals surface area (Å²) < 4.78 is 5.99. The minimum absolute atomic E-state index is 0.0181. The lowest BCUT2D eigenvalue weighted by atomic mass is 10.1. The maximum absolute atomic E-state index is 12.9. The Labute approximate surface area is 143 Å². The highest BCUT2D eigenvalue weighted by Crippen LogP contribution is 2.35. The summed E-state index contributed by atoms with van der Waals surface area (Å²) in [5.41, 5.74) is 5.06. The molecule has 0 spiro atoms. The Balaban J connectivity index is 1.91. The second kappa shape index (κ2) is 6.56. The lowest BCUT2D eigenvalue weighted by Crippen LogP contribution is -2.45. The van der Waals surface area contributed by atoms with Gasteiger partial charge in [0.05, 0.1) is 12.2 Å². The molecule has 1 atom stereocenters. The average Bonchev–Trinajstić information content (AvgIpc) is 2.58. The van der Waals surface area contributed by atoms with Gasteiger partial charge < -0.3 is 10.1 Å². The van der Waals surface area contributed by atoms with Gasteiger partial charge in [-0.15, -0.1) is 0 Å². The van der Waals surface area contributed by atoms with Gasteiger partial charge in [-0.3, -0.25) is 4.90 Å². The number of benzene rings is 2. The van der Waals surface area contributed by atoms with Gasteiger partial charge in [-0.1, -0.05) is 25.1 Å². The second-order valence-electron chi connectivity index (χ2n) is 6.41. The van der Waals surface area contributed by atoms with Gasteiger partial charge in [-0.05, 0) is 62.1 Å². The molecule has 2 aromatic carbocycles. The molecule has 3 rings (SSSR count). The molecule has 1 N–H and O–H groups in total. The zero-order valence-corrected chi connectivity index (χ0v) is 14.7. The van der Waals surface area contributed by atoms with Crippen LogP contribution in [0.1, 0.15) is 30.0 Å². The SMILES string of the molecule is CC[C@H]1CN(C(=O)Nc2cccc(C)c2C)c2cc(C)ccc2O1. The Kier molecular flexibility index (Phi) is 4.47. The van der Waals surface area contributed by atoms with E-state index < -0.39 is 0 Å². The Hall–Kier alpha value is -2.49. The van der Waals surface area contributed by atoms with Crippen molar-refractivity contribution in [3.05, 3.63) is 53.1 Å². The quantitative estimate of drug-likeness (QED) is 0.860. The van der Waals surface area contributed by atoms with Gasteiger partial charge in [0.25, 0.3) is 0 Å². The maximum Gasteiger partial charge on any atom is 0.326 e. The molecule has 0 saturated heterocycles. The fraction of sp³-hybridized carbons (Fsp3) is 0.350. The van der Waals surface area contributed by atoms with E-state index in [4.69, 9.17) is 4.74 Å². The zero-order valence-electron chi connectivity index (χ0n) is 14.7. The first-order chi connectivity index (χ1) is 11.5. The van der Waals surface area contributed by atoms with Crippen LogP contribution in [0.5, 0.6) is 5.75 Å². The van der Waals surface area contributed by atoms with Crippen LogP contribution >= 0.6 is 0 Å². The molecule has 4 nitrogen and oxygen atoms in total. The van der Waals surface area contributed by atoms with Crippen molar-refractivity contribution >= 4 is 17.4 Å². The molecule has 0 radical (unpaired) electrons. The van der Waals surface area contributed by atoms with E-state index in [2.05, 4.69) is 12.2 Å². The molecule has 1 heterocycles. The van der Waals surface area contributed by atoms with E-state index in [0.717, 1.165) is 40.2 Å². The molecule has 0 aromatic heterocycles. The average molecular weight is 324 g/mol. The summed E-state index contributed by atoms with van der Waals surface area (Å²) >= 11 is 0. The number of carbonyl (C=O) groups is 1. The van der Waals surface area contributed by atoms with Gasteiger partial charge in [0, 0.05) is 5.69 Å². The standard InChI is InChI=1S/C20H24N2O2/c1-5-16-12-22(18-11-13(2)9-10-19(18)24-16)20(23)21-17-8-6-7-14(3)15(17)4/h6-11,16H,5,12H2,1-4H3,(H,21,23)/t16-/m0/s1. The molecule has 0 fully saturated rings. The highest BCUT2D eigenvalue weighted by atomic mass is 16.5. The van der Waals surface area contributed by atoms with Crippen molar-refractivity contribution in [2.24, 2.45) is 0 Å². The van der Waals surface area contributed by atoms with E-state index in [1.807, 2.05) is 57.2 Å². The number of amides is 2. The zero-order chi connectivity index (χ0) is 17.3. The molecular weight excluding hydrogens is 300 g/mol. The normalized spacial score (nSPS) is 16.3. The first kappa shape index (κ1) is 16.4. The van der Waals surface area contributed by atoms with Crippen LogP contribution in [-0.4, -0.2) is 18.7 Å². The summed E-state index contributed by atoms with van der Waals surface area (Å²) in [4.78, 5) is 14.7.